The average Bonchev–Trinajstić information content (AvgIpc) is 2.61. The van der Waals surface area contributed by atoms with Crippen LogP contribution in [0.15, 0.2) is 48.5 Å². The molecule has 3 N–H and O–H groups in total. The van der Waals surface area contributed by atoms with E-state index in [9.17, 15) is 9.59 Å². The highest BCUT2D eigenvalue weighted by atomic mass is 16.5. The molecule has 6 nitrogen and oxygen atoms in total. The van der Waals surface area contributed by atoms with Crippen molar-refractivity contribution in [3.8, 4) is 5.75 Å². The summed E-state index contributed by atoms with van der Waals surface area (Å²) in [6.07, 6.45) is 0.682. The molecule has 2 rings (SSSR count). The molecule has 24 heavy (non-hydrogen) atoms. The fourth-order valence-corrected chi connectivity index (χ4v) is 2.02. The van der Waals surface area contributed by atoms with Crippen molar-refractivity contribution in [1.82, 2.24) is 5.32 Å². The Hall–Kier alpha value is -3.02. The van der Waals surface area contributed by atoms with Gasteiger partial charge in [-0.1, -0.05) is 12.1 Å². The van der Waals surface area contributed by atoms with Gasteiger partial charge in [0.1, 0.15) is 5.75 Å². The number of hydrogen-bond acceptors (Lipinski definition) is 5. The summed E-state index contributed by atoms with van der Waals surface area (Å²) in [5.41, 5.74) is 7.54. The summed E-state index contributed by atoms with van der Waals surface area (Å²) >= 11 is 0. The largest absolute Gasteiger partial charge is 0.497 e. The van der Waals surface area contributed by atoms with E-state index >= 15 is 0 Å². The number of nitrogens with two attached hydrogens (primary N) is 1. The van der Waals surface area contributed by atoms with Crippen LogP contribution in [-0.2, 0) is 16.0 Å². The van der Waals surface area contributed by atoms with Gasteiger partial charge in [0.15, 0.2) is 6.61 Å². The van der Waals surface area contributed by atoms with Gasteiger partial charge in [0.2, 0.25) is 0 Å². The van der Waals surface area contributed by atoms with E-state index in [4.69, 9.17) is 15.2 Å². The Kier molecular flexibility index (Phi) is 6.19. The van der Waals surface area contributed by atoms with Gasteiger partial charge in [0.25, 0.3) is 5.91 Å². The molecule has 0 atom stereocenters. The van der Waals surface area contributed by atoms with E-state index in [2.05, 4.69) is 5.32 Å². The summed E-state index contributed by atoms with van der Waals surface area (Å²) in [6.45, 7) is 0.149. The van der Waals surface area contributed by atoms with Crippen LogP contribution >= 0.6 is 0 Å². The average molecular weight is 328 g/mol. The Balaban J connectivity index is 1.69. The molecule has 0 aliphatic carbocycles. The van der Waals surface area contributed by atoms with Crippen LogP contribution in [0.2, 0.25) is 0 Å². The molecule has 0 saturated carbocycles. The topological polar surface area (TPSA) is 90.6 Å². The number of nitrogens with one attached hydrogen (secondary N) is 1. The summed E-state index contributed by atoms with van der Waals surface area (Å²) in [6, 6.07) is 13.9. The lowest BCUT2D eigenvalue weighted by molar-refractivity contribution is -0.124. The van der Waals surface area contributed by atoms with Gasteiger partial charge >= 0.3 is 5.97 Å². The quantitative estimate of drug-likeness (QED) is 0.597. The second kappa shape index (κ2) is 8.57. The molecular weight excluding hydrogens is 308 g/mol. The van der Waals surface area contributed by atoms with Crippen molar-refractivity contribution in [2.75, 3.05) is 26.0 Å². The second-order valence-corrected chi connectivity index (χ2v) is 5.15. The van der Waals surface area contributed by atoms with Crippen molar-refractivity contribution in [2.24, 2.45) is 0 Å². The lowest BCUT2D eigenvalue weighted by Crippen LogP contribution is -2.30. The Morgan fingerprint density at radius 1 is 1.04 bits per heavy atom. The van der Waals surface area contributed by atoms with Gasteiger partial charge in [-0.05, 0) is 48.4 Å². The zero-order valence-electron chi connectivity index (χ0n) is 13.5. The molecule has 0 aliphatic heterocycles. The number of anilines is 1. The van der Waals surface area contributed by atoms with Crippen LogP contribution < -0.4 is 15.8 Å². The van der Waals surface area contributed by atoms with Crippen LogP contribution in [0, 0.1) is 0 Å². The molecule has 0 fully saturated rings. The van der Waals surface area contributed by atoms with Gasteiger partial charge in [0.05, 0.1) is 12.7 Å². The van der Waals surface area contributed by atoms with Crippen LogP contribution in [0.3, 0.4) is 0 Å². The number of hydrogen-bond donors (Lipinski definition) is 2. The van der Waals surface area contributed by atoms with Gasteiger partial charge in [0, 0.05) is 12.2 Å². The van der Waals surface area contributed by atoms with Crippen LogP contribution in [0.1, 0.15) is 15.9 Å². The lowest BCUT2D eigenvalue weighted by Gasteiger charge is -2.07. The van der Waals surface area contributed by atoms with E-state index < -0.39 is 5.97 Å². The highest BCUT2D eigenvalue weighted by molar-refractivity contribution is 5.91. The molecule has 0 saturated heterocycles. The molecule has 2 aromatic rings. The molecule has 126 valence electrons. The van der Waals surface area contributed by atoms with E-state index in [0.29, 0.717) is 24.2 Å². The van der Waals surface area contributed by atoms with Crippen molar-refractivity contribution in [3.63, 3.8) is 0 Å². The molecule has 0 aromatic heterocycles. The summed E-state index contributed by atoms with van der Waals surface area (Å²) < 4.78 is 10.0. The number of carbonyl (C=O) groups excluding carboxylic acids is 2. The van der Waals surface area contributed by atoms with Gasteiger partial charge < -0.3 is 20.5 Å². The molecule has 1 amide bonds. The third kappa shape index (κ3) is 5.31. The maximum absolute atomic E-state index is 11.8. The molecule has 0 spiro atoms. The SMILES string of the molecule is COc1ccc(CCNC(=O)COC(=O)c2ccc(N)cc2)cc1. The number of rotatable bonds is 7. The Morgan fingerprint density at radius 2 is 1.71 bits per heavy atom. The van der Waals surface area contributed by atoms with E-state index in [0.717, 1.165) is 11.3 Å². The monoisotopic (exact) mass is 328 g/mol. The van der Waals surface area contributed by atoms with Crippen LogP contribution in [0.25, 0.3) is 0 Å². The maximum atomic E-state index is 11.8. The van der Waals surface area contributed by atoms with E-state index in [1.165, 1.54) is 0 Å². The molecular formula is C18H20N2O4. The summed E-state index contributed by atoms with van der Waals surface area (Å²) in [7, 11) is 1.61. The number of amides is 1. The third-order valence-corrected chi connectivity index (χ3v) is 3.38. The van der Waals surface area contributed by atoms with Gasteiger partial charge in [-0.3, -0.25) is 4.79 Å². The Labute approximate surface area is 140 Å². The zero-order chi connectivity index (χ0) is 17.4. The second-order valence-electron chi connectivity index (χ2n) is 5.15. The Bertz CT molecular complexity index is 681. The zero-order valence-corrected chi connectivity index (χ0v) is 13.5. The molecule has 0 aliphatic rings. The van der Waals surface area contributed by atoms with Crippen molar-refractivity contribution in [1.29, 1.82) is 0 Å². The predicted molar refractivity (Wildman–Crippen MR) is 90.8 cm³/mol. The minimum atomic E-state index is -0.555. The van der Waals surface area contributed by atoms with Gasteiger partial charge in [-0.2, -0.15) is 0 Å². The normalized spacial score (nSPS) is 10.0. The minimum Gasteiger partial charge on any atom is -0.497 e. The number of benzene rings is 2. The van der Waals surface area contributed by atoms with Crippen molar-refractivity contribution >= 4 is 17.6 Å². The summed E-state index contributed by atoms with van der Waals surface area (Å²) in [5, 5.41) is 2.71. The first-order valence-corrected chi connectivity index (χ1v) is 7.51. The number of carbonyl (C=O) groups is 2. The molecule has 0 radical (unpaired) electrons. The van der Waals surface area contributed by atoms with Crippen molar-refractivity contribution in [2.45, 2.75) is 6.42 Å². The highest BCUT2D eigenvalue weighted by Gasteiger charge is 2.09. The third-order valence-electron chi connectivity index (χ3n) is 3.38. The van der Waals surface area contributed by atoms with Crippen LogP contribution in [0.5, 0.6) is 5.75 Å². The highest BCUT2D eigenvalue weighted by Crippen LogP contribution is 2.11. The van der Waals surface area contributed by atoms with E-state index in [-0.39, 0.29) is 12.5 Å². The fraction of sp³-hybridized carbons (Fsp3) is 0.222. The number of methoxy groups -OCH3 is 1. The molecule has 0 heterocycles. The van der Waals surface area contributed by atoms with Crippen LogP contribution in [-0.4, -0.2) is 32.1 Å². The molecule has 0 bridgehead atoms. The number of esters is 1. The maximum Gasteiger partial charge on any atom is 0.338 e. The van der Waals surface area contributed by atoms with Gasteiger partial charge in [-0.25, -0.2) is 4.79 Å². The molecule has 2 aromatic carbocycles. The first kappa shape index (κ1) is 17.3. The van der Waals surface area contributed by atoms with Crippen LogP contribution in [0.4, 0.5) is 5.69 Å². The first-order chi connectivity index (χ1) is 11.6. The Morgan fingerprint density at radius 3 is 2.33 bits per heavy atom. The lowest BCUT2D eigenvalue weighted by atomic mass is 10.1. The smallest absolute Gasteiger partial charge is 0.338 e. The number of nitrogen functional groups attached to an aromatic ring is 1. The molecule has 0 unspecified atom stereocenters. The summed E-state index contributed by atoms with van der Waals surface area (Å²) in [5.74, 6) is -0.107. The molecule has 6 heteroatoms. The van der Waals surface area contributed by atoms with E-state index in [1.54, 1.807) is 31.4 Å². The standard InChI is InChI=1S/C18H20N2O4/c1-23-16-8-2-13(3-9-16)10-11-20-17(21)12-24-18(22)14-4-6-15(19)7-5-14/h2-9H,10-12,19H2,1H3,(H,20,21). The van der Waals surface area contributed by atoms with Crippen molar-refractivity contribution < 1.29 is 19.1 Å². The van der Waals surface area contributed by atoms with Crippen molar-refractivity contribution in [3.05, 3.63) is 59.7 Å². The fourth-order valence-electron chi connectivity index (χ4n) is 2.02. The number of ether oxygens (including phenoxy) is 2. The first-order valence-electron chi connectivity index (χ1n) is 7.51. The summed E-state index contributed by atoms with van der Waals surface area (Å²) in [4.78, 5) is 23.5. The van der Waals surface area contributed by atoms with Gasteiger partial charge in [-0.15, -0.1) is 0 Å². The van der Waals surface area contributed by atoms with E-state index in [1.807, 2.05) is 24.3 Å². The minimum absolute atomic E-state index is 0.314. The predicted octanol–water partition coefficient (Wildman–Crippen LogP) is 1.79.